The van der Waals surface area contributed by atoms with E-state index in [0.717, 1.165) is 38.5 Å². The molecule has 0 saturated heterocycles. The molecular weight excluding hydrogens is 242 g/mol. The van der Waals surface area contributed by atoms with E-state index in [4.69, 9.17) is 0 Å². The number of aromatic nitrogens is 2. The fourth-order valence-electron chi connectivity index (χ4n) is 3.11. The average molecular weight is 263 g/mol. The van der Waals surface area contributed by atoms with Crippen molar-refractivity contribution in [3.8, 4) is 0 Å². The standard InChI is InChI=1S/C14H21N3O2/c18-13-8-7-12(13)16-10-3-5-11(6-4-10)17-14(19)2-1-9-15-17/h1-2,9-13,16,18H,3-8H2. The minimum atomic E-state index is -0.156. The fraction of sp³-hybridized carbons (Fsp3) is 0.714. The molecule has 2 saturated carbocycles. The Labute approximate surface area is 112 Å². The summed E-state index contributed by atoms with van der Waals surface area (Å²) >= 11 is 0. The third kappa shape index (κ3) is 2.72. The lowest BCUT2D eigenvalue weighted by molar-refractivity contribution is 0.0397. The van der Waals surface area contributed by atoms with E-state index >= 15 is 0 Å². The van der Waals surface area contributed by atoms with E-state index in [1.165, 1.54) is 0 Å². The molecule has 0 spiro atoms. The van der Waals surface area contributed by atoms with Crippen LogP contribution in [0.1, 0.15) is 44.6 Å². The van der Waals surface area contributed by atoms with Crippen LogP contribution in [-0.2, 0) is 0 Å². The van der Waals surface area contributed by atoms with Crippen LogP contribution in [0, 0.1) is 0 Å². The number of aliphatic hydroxyl groups is 1. The van der Waals surface area contributed by atoms with Gasteiger partial charge in [-0.15, -0.1) is 0 Å². The molecule has 1 aromatic rings. The zero-order valence-electron chi connectivity index (χ0n) is 11.0. The van der Waals surface area contributed by atoms with Crippen molar-refractivity contribution < 1.29 is 5.11 Å². The van der Waals surface area contributed by atoms with Gasteiger partial charge >= 0.3 is 0 Å². The molecule has 2 N–H and O–H groups in total. The molecule has 0 amide bonds. The summed E-state index contributed by atoms with van der Waals surface area (Å²) in [6, 6.07) is 4.26. The molecule has 2 atom stereocenters. The number of nitrogens with zero attached hydrogens (tertiary/aromatic N) is 2. The highest BCUT2D eigenvalue weighted by Gasteiger charge is 2.32. The largest absolute Gasteiger partial charge is 0.392 e. The molecule has 5 heteroatoms. The van der Waals surface area contributed by atoms with E-state index in [1.807, 2.05) is 0 Å². The van der Waals surface area contributed by atoms with Crippen LogP contribution in [-0.4, -0.2) is 33.1 Å². The molecule has 5 nitrogen and oxygen atoms in total. The molecule has 2 aliphatic carbocycles. The predicted octanol–water partition coefficient (Wildman–Crippen LogP) is 0.840. The van der Waals surface area contributed by atoms with Crippen molar-refractivity contribution in [2.24, 2.45) is 0 Å². The second-order valence-corrected chi connectivity index (χ2v) is 5.73. The summed E-state index contributed by atoms with van der Waals surface area (Å²) in [5.41, 5.74) is -0.00618. The van der Waals surface area contributed by atoms with Crippen LogP contribution in [0.4, 0.5) is 0 Å². The molecule has 0 aromatic carbocycles. The van der Waals surface area contributed by atoms with Gasteiger partial charge in [-0.3, -0.25) is 4.79 Å². The average Bonchev–Trinajstić information content (AvgIpc) is 2.44. The monoisotopic (exact) mass is 263 g/mol. The molecule has 2 aliphatic rings. The summed E-state index contributed by atoms with van der Waals surface area (Å²) in [7, 11) is 0. The number of nitrogens with one attached hydrogen (secondary N) is 1. The first kappa shape index (κ1) is 12.8. The third-order valence-corrected chi connectivity index (χ3v) is 4.47. The SMILES string of the molecule is O=c1cccnn1C1CCC(NC2CCC2O)CC1. The van der Waals surface area contributed by atoms with Gasteiger partial charge in [0.25, 0.3) is 5.56 Å². The van der Waals surface area contributed by atoms with E-state index in [0.29, 0.717) is 12.1 Å². The smallest absolute Gasteiger partial charge is 0.266 e. The van der Waals surface area contributed by atoms with Gasteiger partial charge in [-0.1, -0.05) is 0 Å². The van der Waals surface area contributed by atoms with Gasteiger partial charge in [-0.2, -0.15) is 5.10 Å². The maximum atomic E-state index is 11.7. The Morgan fingerprint density at radius 1 is 1.21 bits per heavy atom. The van der Waals surface area contributed by atoms with E-state index in [9.17, 15) is 9.90 Å². The van der Waals surface area contributed by atoms with Crippen molar-refractivity contribution in [2.75, 3.05) is 0 Å². The van der Waals surface area contributed by atoms with Crippen LogP contribution < -0.4 is 10.9 Å². The lowest BCUT2D eigenvalue weighted by Gasteiger charge is -2.38. The Morgan fingerprint density at radius 3 is 2.58 bits per heavy atom. The molecule has 1 heterocycles. The maximum absolute atomic E-state index is 11.7. The fourth-order valence-corrected chi connectivity index (χ4v) is 3.11. The summed E-state index contributed by atoms with van der Waals surface area (Å²) in [6.45, 7) is 0. The van der Waals surface area contributed by atoms with Crippen LogP contribution in [0.15, 0.2) is 23.1 Å². The Bertz CT molecular complexity index is 480. The highest BCUT2D eigenvalue weighted by atomic mass is 16.3. The summed E-state index contributed by atoms with van der Waals surface area (Å²) in [4.78, 5) is 11.7. The van der Waals surface area contributed by atoms with E-state index < -0.39 is 0 Å². The van der Waals surface area contributed by atoms with Crippen molar-refractivity contribution in [1.29, 1.82) is 0 Å². The molecule has 3 rings (SSSR count). The van der Waals surface area contributed by atoms with Gasteiger partial charge < -0.3 is 10.4 Å². The molecule has 2 fully saturated rings. The minimum absolute atomic E-state index is 0.00618. The summed E-state index contributed by atoms with van der Waals surface area (Å²) in [5, 5.41) is 17.3. The van der Waals surface area contributed by atoms with Gasteiger partial charge in [-0.25, -0.2) is 4.68 Å². The lowest BCUT2D eigenvalue weighted by atomic mass is 9.85. The minimum Gasteiger partial charge on any atom is -0.392 e. The number of hydrogen-bond donors (Lipinski definition) is 2. The number of aliphatic hydroxyl groups excluding tert-OH is 1. The third-order valence-electron chi connectivity index (χ3n) is 4.47. The first-order valence-corrected chi connectivity index (χ1v) is 7.22. The number of hydrogen-bond acceptors (Lipinski definition) is 4. The van der Waals surface area contributed by atoms with Crippen molar-refractivity contribution >= 4 is 0 Å². The van der Waals surface area contributed by atoms with Crippen LogP contribution in [0.5, 0.6) is 0 Å². The van der Waals surface area contributed by atoms with Gasteiger partial charge in [0.15, 0.2) is 0 Å². The number of rotatable bonds is 3. The van der Waals surface area contributed by atoms with E-state index in [1.54, 1.807) is 23.0 Å². The molecule has 104 valence electrons. The molecule has 19 heavy (non-hydrogen) atoms. The first-order chi connectivity index (χ1) is 9.24. The summed E-state index contributed by atoms with van der Waals surface area (Å²) in [5.74, 6) is 0. The summed E-state index contributed by atoms with van der Waals surface area (Å²) in [6.07, 6.45) is 7.60. The Morgan fingerprint density at radius 2 is 2.00 bits per heavy atom. The zero-order chi connectivity index (χ0) is 13.2. The zero-order valence-corrected chi connectivity index (χ0v) is 11.0. The molecule has 2 unspecified atom stereocenters. The predicted molar refractivity (Wildman–Crippen MR) is 72.0 cm³/mol. The maximum Gasteiger partial charge on any atom is 0.266 e. The van der Waals surface area contributed by atoms with Crippen LogP contribution >= 0.6 is 0 Å². The van der Waals surface area contributed by atoms with Gasteiger partial charge in [0.05, 0.1) is 12.1 Å². The van der Waals surface area contributed by atoms with E-state index in [-0.39, 0.29) is 17.7 Å². The molecule has 0 bridgehead atoms. The molecule has 0 radical (unpaired) electrons. The topological polar surface area (TPSA) is 67.2 Å². The quantitative estimate of drug-likeness (QED) is 0.848. The van der Waals surface area contributed by atoms with Gasteiger partial charge in [0.1, 0.15) is 0 Å². The van der Waals surface area contributed by atoms with Crippen LogP contribution in [0.2, 0.25) is 0 Å². The Hall–Kier alpha value is -1.20. The second-order valence-electron chi connectivity index (χ2n) is 5.73. The van der Waals surface area contributed by atoms with Gasteiger partial charge in [0, 0.05) is 24.3 Å². The highest BCUT2D eigenvalue weighted by Crippen LogP contribution is 2.29. The first-order valence-electron chi connectivity index (χ1n) is 7.22. The van der Waals surface area contributed by atoms with Crippen molar-refractivity contribution in [3.63, 3.8) is 0 Å². The summed E-state index contributed by atoms with van der Waals surface area (Å²) < 4.78 is 1.62. The van der Waals surface area contributed by atoms with Gasteiger partial charge in [0.2, 0.25) is 0 Å². The lowest BCUT2D eigenvalue weighted by Crippen LogP contribution is -2.52. The van der Waals surface area contributed by atoms with Crippen LogP contribution in [0.25, 0.3) is 0 Å². The Balaban J connectivity index is 1.55. The second kappa shape index (κ2) is 5.43. The van der Waals surface area contributed by atoms with Crippen molar-refractivity contribution in [2.45, 2.75) is 62.8 Å². The van der Waals surface area contributed by atoms with Crippen molar-refractivity contribution in [3.05, 3.63) is 28.7 Å². The van der Waals surface area contributed by atoms with Gasteiger partial charge in [-0.05, 0) is 44.6 Å². The normalized spacial score (nSPS) is 34.8. The molecular formula is C14H21N3O2. The van der Waals surface area contributed by atoms with Crippen molar-refractivity contribution in [1.82, 2.24) is 15.1 Å². The van der Waals surface area contributed by atoms with E-state index in [2.05, 4.69) is 10.4 Å². The molecule has 0 aliphatic heterocycles. The highest BCUT2D eigenvalue weighted by molar-refractivity contribution is 4.92. The Kier molecular flexibility index (Phi) is 3.66. The van der Waals surface area contributed by atoms with Crippen LogP contribution in [0.3, 0.4) is 0 Å². The molecule has 1 aromatic heterocycles.